The van der Waals surface area contributed by atoms with E-state index in [9.17, 15) is 9.59 Å². The zero-order valence-electron chi connectivity index (χ0n) is 18.0. The normalized spacial score (nSPS) is 9.54. The Labute approximate surface area is 162 Å². The van der Waals surface area contributed by atoms with Crippen LogP contribution in [0.15, 0.2) is 0 Å². The van der Waals surface area contributed by atoms with Crippen molar-refractivity contribution in [2.75, 3.05) is 0 Å². The van der Waals surface area contributed by atoms with Crippen molar-refractivity contribution in [2.24, 2.45) is 0 Å². The predicted octanol–water partition coefficient (Wildman–Crippen LogP) is 7.45. The molecule has 0 saturated heterocycles. The van der Waals surface area contributed by atoms with Gasteiger partial charge in [-0.05, 0) is 12.8 Å². The number of hydrogen-bond donors (Lipinski definition) is 2. The SMILES string of the molecule is CCCCCCCC.CCCCCCCC.O=C(O)CCCCC(=O)O. The highest BCUT2D eigenvalue weighted by Gasteiger charge is 1.99. The molecule has 4 nitrogen and oxygen atoms in total. The number of aliphatic carboxylic acids is 2. The average molecular weight is 375 g/mol. The molecule has 0 aliphatic heterocycles. The molecular formula is C22H46O4. The minimum atomic E-state index is -0.870. The van der Waals surface area contributed by atoms with Crippen LogP contribution in [0.2, 0.25) is 0 Å². The van der Waals surface area contributed by atoms with Crippen molar-refractivity contribution in [3.05, 3.63) is 0 Å². The smallest absolute Gasteiger partial charge is 0.303 e. The lowest BCUT2D eigenvalue weighted by Crippen LogP contribution is -1.97. The zero-order valence-corrected chi connectivity index (χ0v) is 18.0. The third kappa shape index (κ3) is 43.5. The molecule has 0 aromatic carbocycles. The Bertz CT molecular complexity index is 237. The summed E-state index contributed by atoms with van der Waals surface area (Å²) in [4.78, 5) is 19.8. The van der Waals surface area contributed by atoms with Gasteiger partial charge in [0.2, 0.25) is 0 Å². The van der Waals surface area contributed by atoms with E-state index >= 15 is 0 Å². The van der Waals surface area contributed by atoms with Gasteiger partial charge in [-0.15, -0.1) is 0 Å². The van der Waals surface area contributed by atoms with E-state index in [1.807, 2.05) is 0 Å². The summed E-state index contributed by atoms with van der Waals surface area (Å²) in [5.41, 5.74) is 0. The van der Waals surface area contributed by atoms with Gasteiger partial charge in [-0.25, -0.2) is 0 Å². The number of carboxylic acids is 2. The van der Waals surface area contributed by atoms with E-state index in [0.717, 1.165) is 0 Å². The Morgan fingerprint density at radius 2 is 0.692 bits per heavy atom. The number of hydrogen-bond acceptors (Lipinski definition) is 2. The van der Waals surface area contributed by atoms with E-state index < -0.39 is 11.9 Å². The summed E-state index contributed by atoms with van der Waals surface area (Å²) in [6.07, 6.45) is 18.0. The van der Waals surface area contributed by atoms with E-state index in [1.165, 1.54) is 77.0 Å². The maximum absolute atomic E-state index is 9.90. The second kappa shape index (κ2) is 28.7. The summed E-state index contributed by atoms with van der Waals surface area (Å²) < 4.78 is 0. The molecule has 0 heterocycles. The van der Waals surface area contributed by atoms with Crippen LogP contribution in [0.5, 0.6) is 0 Å². The summed E-state index contributed by atoms with van der Waals surface area (Å²) in [6, 6.07) is 0. The molecular weight excluding hydrogens is 328 g/mol. The monoisotopic (exact) mass is 374 g/mol. The molecule has 0 spiro atoms. The molecule has 0 rings (SSSR count). The van der Waals surface area contributed by atoms with E-state index in [1.54, 1.807) is 0 Å². The van der Waals surface area contributed by atoms with Crippen molar-refractivity contribution in [2.45, 2.75) is 130 Å². The van der Waals surface area contributed by atoms with Gasteiger partial charge in [0.25, 0.3) is 0 Å². The quantitative estimate of drug-likeness (QED) is 0.292. The Kier molecular flexibility index (Phi) is 32.8. The van der Waals surface area contributed by atoms with Gasteiger partial charge < -0.3 is 10.2 Å². The fourth-order valence-electron chi connectivity index (χ4n) is 2.26. The third-order valence-corrected chi connectivity index (χ3v) is 3.95. The Morgan fingerprint density at radius 1 is 0.462 bits per heavy atom. The number of carboxylic acid groups (broad SMARTS) is 2. The van der Waals surface area contributed by atoms with Gasteiger partial charge in [-0.1, -0.05) is 105 Å². The Balaban J connectivity index is -0.000000308. The first kappa shape index (κ1) is 29.7. The van der Waals surface area contributed by atoms with Crippen molar-refractivity contribution >= 4 is 11.9 Å². The second-order valence-corrected chi connectivity index (χ2v) is 6.82. The highest BCUT2D eigenvalue weighted by molar-refractivity contribution is 5.67. The van der Waals surface area contributed by atoms with Gasteiger partial charge in [-0.3, -0.25) is 9.59 Å². The third-order valence-electron chi connectivity index (χ3n) is 3.95. The predicted molar refractivity (Wildman–Crippen MR) is 112 cm³/mol. The summed E-state index contributed by atoms with van der Waals surface area (Å²) in [5.74, 6) is -1.74. The highest BCUT2D eigenvalue weighted by Crippen LogP contribution is 2.04. The highest BCUT2D eigenvalue weighted by atomic mass is 16.4. The lowest BCUT2D eigenvalue weighted by molar-refractivity contribution is -0.139. The maximum Gasteiger partial charge on any atom is 0.303 e. The molecule has 0 fully saturated rings. The minimum absolute atomic E-state index is 0.0628. The molecule has 0 unspecified atom stereocenters. The van der Waals surface area contributed by atoms with Crippen LogP contribution in [-0.2, 0) is 9.59 Å². The van der Waals surface area contributed by atoms with Crippen LogP contribution < -0.4 is 0 Å². The summed E-state index contributed by atoms with van der Waals surface area (Å²) in [6.45, 7) is 9.02. The Hall–Kier alpha value is -1.06. The fourth-order valence-corrected chi connectivity index (χ4v) is 2.26. The van der Waals surface area contributed by atoms with Gasteiger partial charge in [0.15, 0.2) is 0 Å². The van der Waals surface area contributed by atoms with Crippen LogP contribution in [0.4, 0.5) is 0 Å². The largest absolute Gasteiger partial charge is 0.481 e. The topological polar surface area (TPSA) is 74.6 Å². The lowest BCUT2D eigenvalue weighted by Gasteiger charge is -1.93. The van der Waals surface area contributed by atoms with Gasteiger partial charge >= 0.3 is 11.9 Å². The molecule has 158 valence electrons. The van der Waals surface area contributed by atoms with Gasteiger partial charge in [-0.2, -0.15) is 0 Å². The molecule has 0 bridgehead atoms. The van der Waals surface area contributed by atoms with Gasteiger partial charge in [0.1, 0.15) is 0 Å². The minimum Gasteiger partial charge on any atom is -0.481 e. The van der Waals surface area contributed by atoms with Crippen LogP contribution >= 0.6 is 0 Å². The van der Waals surface area contributed by atoms with Crippen LogP contribution in [0.25, 0.3) is 0 Å². The first-order valence-electron chi connectivity index (χ1n) is 10.9. The van der Waals surface area contributed by atoms with Crippen molar-refractivity contribution in [3.63, 3.8) is 0 Å². The van der Waals surface area contributed by atoms with Crippen LogP contribution in [-0.4, -0.2) is 22.2 Å². The number of carbonyl (C=O) groups is 2. The van der Waals surface area contributed by atoms with E-state index in [0.29, 0.717) is 12.8 Å². The molecule has 0 amide bonds. The van der Waals surface area contributed by atoms with Crippen LogP contribution in [0.1, 0.15) is 130 Å². The first-order chi connectivity index (χ1) is 12.5. The van der Waals surface area contributed by atoms with Crippen molar-refractivity contribution in [1.29, 1.82) is 0 Å². The van der Waals surface area contributed by atoms with E-state index in [4.69, 9.17) is 10.2 Å². The molecule has 4 heteroatoms. The van der Waals surface area contributed by atoms with Gasteiger partial charge in [0.05, 0.1) is 0 Å². The molecule has 26 heavy (non-hydrogen) atoms. The average Bonchev–Trinajstić information content (AvgIpc) is 2.60. The van der Waals surface area contributed by atoms with Crippen molar-refractivity contribution in [3.8, 4) is 0 Å². The number of rotatable bonds is 15. The van der Waals surface area contributed by atoms with Gasteiger partial charge in [0, 0.05) is 12.8 Å². The molecule has 0 aliphatic carbocycles. The number of unbranched alkanes of at least 4 members (excludes halogenated alkanes) is 11. The van der Waals surface area contributed by atoms with E-state index in [-0.39, 0.29) is 12.8 Å². The lowest BCUT2D eigenvalue weighted by atomic mass is 10.1. The fraction of sp³-hybridized carbons (Fsp3) is 0.909. The molecule has 2 N–H and O–H groups in total. The molecule has 0 saturated carbocycles. The van der Waals surface area contributed by atoms with Crippen LogP contribution in [0, 0.1) is 0 Å². The van der Waals surface area contributed by atoms with E-state index in [2.05, 4.69) is 27.7 Å². The molecule has 0 aromatic heterocycles. The molecule has 0 aliphatic rings. The van der Waals surface area contributed by atoms with Crippen molar-refractivity contribution < 1.29 is 19.8 Å². The summed E-state index contributed by atoms with van der Waals surface area (Å²) in [5, 5.41) is 16.3. The summed E-state index contributed by atoms with van der Waals surface area (Å²) in [7, 11) is 0. The second-order valence-electron chi connectivity index (χ2n) is 6.82. The standard InChI is InChI=1S/2C8H18.C6H10O4/c2*1-3-5-7-8-6-4-2;7-5(8)3-1-2-4-6(9)10/h2*3-8H2,1-2H3;1-4H2,(H,7,8)(H,9,10). The molecule has 0 aromatic rings. The summed E-state index contributed by atoms with van der Waals surface area (Å²) >= 11 is 0. The first-order valence-corrected chi connectivity index (χ1v) is 10.9. The van der Waals surface area contributed by atoms with Crippen molar-refractivity contribution in [1.82, 2.24) is 0 Å². The molecule has 0 atom stereocenters. The molecule has 0 radical (unpaired) electrons. The maximum atomic E-state index is 9.90. The Morgan fingerprint density at radius 3 is 0.846 bits per heavy atom. The zero-order chi connectivity index (χ0) is 20.5. The van der Waals surface area contributed by atoms with Crippen LogP contribution in [0.3, 0.4) is 0 Å².